The van der Waals surface area contributed by atoms with Gasteiger partial charge in [-0.25, -0.2) is 0 Å². The maximum absolute atomic E-state index is 9.70. The summed E-state index contributed by atoms with van der Waals surface area (Å²) in [6, 6.07) is 0. The molecule has 3 unspecified atom stereocenters. The molecule has 0 fully saturated rings. The van der Waals surface area contributed by atoms with Crippen LogP contribution in [0.2, 0.25) is 0 Å². The van der Waals surface area contributed by atoms with E-state index in [0.717, 1.165) is 25.8 Å². The van der Waals surface area contributed by atoms with Crippen molar-refractivity contribution in [1.82, 2.24) is 5.32 Å². The minimum absolute atomic E-state index is 0.204. The third kappa shape index (κ3) is 12.3. The Morgan fingerprint density at radius 1 is 1.11 bits per heavy atom. The summed E-state index contributed by atoms with van der Waals surface area (Å²) in [4.78, 5) is 0. The predicted octanol–water partition coefficient (Wildman–Crippen LogP) is 1.55. The zero-order valence-corrected chi connectivity index (χ0v) is 12.4. The first kappa shape index (κ1) is 17.8. The van der Waals surface area contributed by atoms with Crippen molar-refractivity contribution in [3.8, 4) is 0 Å². The van der Waals surface area contributed by atoms with E-state index >= 15 is 0 Å². The molecule has 4 nitrogen and oxygen atoms in total. The fourth-order valence-electron chi connectivity index (χ4n) is 1.86. The second-order valence-corrected chi connectivity index (χ2v) is 5.62. The van der Waals surface area contributed by atoms with Crippen LogP contribution in [0, 0.1) is 5.92 Å². The lowest BCUT2D eigenvalue weighted by Gasteiger charge is -2.18. The van der Waals surface area contributed by atoms with Gasteiger partial charge in [-0.05, 0) is 45.6 Å². The maximum Gasteiger partial charge on any atom is 0.0897 e. The topological polar surface area (TPSA) is 61.7 Å². The van der Waals surface area contributed by atoms with Gasteiger partial charge >= 0.3 is 0 Å². The molecule has 0 aromatic heterocycles. The van der Waals surface area contributed by atoms with Crippen LogP contribution in [0.25, 0.3) is 0 Å². The highest BCUT2D eigenvalue weighted by Crippen LogP contribution is 2.07. The molecule has 3 N–H and O–H groups in total. The van der Waals surface area contributed by atoms with E-state index in [1.165, 1.54) is 0 Å². The van der Waals surface area contributed by atoms with Crippen LogP contribution in [0.1, 0.15) is 47.0 Å². The third-order valence-electron chi connectivity index (χ3n) is 2.73. The molecule has 0 heterocycles. The number of hydrogen-bond acceptors (Lipinski definition) is 4. The molecule has 0 aromatic rings. The zero-order chi connectivity index (χ0) is 14.0. The molecule has 0 aromatic carbocycles. The number of hydrogen-bond donors (Lipinski definition) is 3. The average molecular weight is 261 g/mol. The zero-order valence-electron chi connectivity index (χ0n) is 12.4. The predicted molar refractivity (Wildman–Crippen MR) is 74.7 cm³/mol. The highest BCUT2D eigenvalue weighted by atomic mass is 16.5. The lowest BCUT2D eigenvalue weighted by atomic mass is 10.1. The summed E-state index contributed by atoms with van der Waals surface area (Å²) in [6.45, 7) is 9.93. The Labute approximate surface area is 112 Å². The van der Waals surface area contributed by atoms with Crippen molar-refractivity contribution < 1.29 is 14.9 Å². The molecule has 0 saturated heterocycles. The molecule has 0 radical (unpaired) electrons. The molecule has 3 atom stereocenters. The number of ether oxygens (including phenoxy) is 1. The SMILES string of the molecule is CC(C)CC(C)OCC(O)CNCCCC(C)O. The Balaban J connectivity index is 3.39. The molecule has 0 rings (SSSR count). The fraction of sp³-hybridized carbons (Fsp3) is 1.00. The van der Waals surface area contributed by atoms with Crippen molar-refractivity contribution in [1.29, 1.82) is 0 Å². The van der Waals surface area contributed by atoms with Crippen LogP contribution in [-0.4, -0.2) is 48.2 Å². The molecule has 0 bridgehead atoms. The van der Waals surface area contributed by atoms with Crippen LogP contribution < -0.4 is 5.32 Å². The summed E-state index contributed by atoms with van der Waals surface area (Å²) in [7, 11) is 0. The van der Waals surface area contributed by atoms with Crippen molar-refractivity contribution in [3.05, 3.63) is 0 Å². The average Bonchev–Trinajstić information content (AvgIpc) is 2.24. The summed E-state index contributed by atoms with van der Waals surface area (Å²) >= 11 is 0. The van der Waals surface area contributed by atoms with Crippen LogP contribution in [0.15, 0.2) is 0 Å². The van der Waals surface area contributed by atoms with Crippen molar-refractivity contribution in [2.75, 3.05) is 19.7 Å². The summed E-state index contributed by atoms with van der Waals surface area (Å²) in [5, 5.41) is 21.9. The third-order valence-corrected chi connectivity index (χ3v) is 2.73. The van der Waals surface area contributed by atoms with E-state index in [4.69, 9.17) is 9.84 Å². The molecule has 0 aliphatic rings. The van der Waals surface area contributed by atoms with E-state index in [1.807, 2.05) is 6.92 Å². The lowest BCUT2D eigenvalue weighted by molar-refractivity contribution is -0.00848. The maximum atomic E-state index is 9.70. The fourth-order valence-corrected chi connectivity index (χ4v) is 1.86. The second kappa shape index (κ2) is 10.7. The molecular weight excluding hydrogens is 230 g/mol. The van der Waals surface area contributed by atoms with Crippen LogP contribution in [0.4, 0.5) is 0 Å². The normalized spacial score (nSPS) is 16.8. The Kier molecular flexibility index (Phi) is 10.6. The minimum Gasteiger partial charge on any atom is -0.393 e. The smallest absolute Gasteiger partial charge is 0.0897 e. The Morgan fingerprint density at radius 3 is 2.33 bits per heavy atom. The number of rotatable bonds is 11. The number of aliphatic hydroxyl groups excluding tert-OH is 2. The van der Waals surface area contributed by atoms with Gasteiger partial charge in [-0.2, -0.15) is 0 Å². The van der Waals surface area contributed by atoms with Crippen LogP contribution >= 0.6 is 0 Å². The van der Waals surface area contributed by atoms with Crippen LogP contribution in [-0.2, 0) is 4.74 Å². The largest absolute Gasteiger partial charge is 0.393 e. The van der Waals surface area contributed by atoms with Gasteiger partial charge in [0, 0.05) is 6.54 Å². The molecule has 110 valence electrons. The first-order valence-corrected chi connectivity index (χ1v) is 7.10. The van der Waals surface area contributed by atoms with Crippen molar-refractivity contribution >= 4 is 0 Å². The van der Waals surface area contributed by atoms with Crippen molar-refractivity contribution in [2.24, 2.45) is 5.92 Å². The van der Waals surface area contributed by atoms with E-state index in [2.05, 4.69) is 19.2 Å². The summed E-state index contributed by atoms with van der Waals surface area (Å²) in [6.07, 6.45) is 2.26. The number of nitrogens with one attached hydrogen (secondary N) is 1. The monoisotopic (exact) mass is 261 g/mol. The standard InChI is InChI=1S/C14H31NO3/c1-11(2)8-13(4)18-10-14(17)9-15-7-5-6-12(3)16/h11-17H,5-10H2,1-4H3. The molecule has 18 heavy (non-hydrogen) atoms. The Bertz CT molecular complexity index is 186. The quantitative estimate of drug-likeness (QED) is 0.494. The van der Waals surface area contributed by atoms with Gasteiger partial charge in [0.15, 0.2) is 0 Å². The van der Waals surface area contributed by atoms with Gasteiger partial charge in [-0.15, -0.1) is 0 Å². The van der Waals surface area contributed by atoms with Crippen LogP contribution in [0.3, 0.4) is 0 Å². The van der Waals surface area contributed by atoms with E-state index < -0.39 is 6.10 Å². The summed E-state index contributed by atoms with van der Waals surface area (Å²) < 4.78 is 5.58. The van der Waals surface area contributed by atoms with Gasteiger partial charge in [0.05, 0.1) is 24.9 Å². The molecule has 0 amide bonds. The lowest BCUT2D eigenvalue weighted by Crippen LogP contribution is -2.32. The number of aliphatic hydroxyl groups is 2. The second-order valence-electron chi connectivity index (χ2n) is 5.62. The van der Waals surface area contributed by atoms with E-state index in [9.17, 15) is 5.11 Å². The van der Waals surface area contributed by atoms with E-state index in [0.29, 0.717) is 19.1 Å². The molecule has 0 aliphatic heterocycles. The van der Waals surface area contributed by atoms with E-state index in [-0.39, 0.29) is 12.2 Å². The van der Waals surface area contributed by atoms with Gasteiger partial charge in [0.1, 0.15) is 0 Å². The minimum atomic E-state index is -0.453. The first-order chi connectivity index (χ1) is 8.41. The Morgan fingerprint density at radius 2 is 1.78 bits per heavy atom. The summed E-state index contributed by atoms with van der Waals surface area (Å²) in [5.74, 6) is 0.621. The van der Waals surface area contributed by atoms with Gasteiger partial charge in [-0.1, -0.05) is 13.8 Å². The highest BCUT2D eigenvalue weighted by Gasteiger charge is 2.09. The molecule has 0 aliphatic carbocycles. The summed E-state index contributed by atoms with van der Waals surface area (Å²) in [5.41, 5.74) is 0. The van der Waals surface area contributed by atoms with Gasteiger partial charge < -0.3 is 20.3 Å². The molecular formula is C14H31NO3. The highest BCUT2D eigenvalue weighted by molar-refractivity contribution is 4.61. The van der Waals surface area contributed by atoms with Gasteiger partial charge in [-0.3, -0.25) is 0 Å². The molecule has 0 saturated carbocycles. The first-order valence-electron chi connectivity index (χ1n) is 7.10. The van der Waals surface area contributed by atoms with Crippen molar-refractivity contribution in [3.63, 3.8) is 0 Å². The van der Waals surface area contributed by atoms with Gasteiger partial charge in [0.2, 0.25) is 0 Å². The van der Waals surface area contributed by atoms with Crippen molar-refractivity contribution in [2.45, 2.75) is 65.3 Å². The van der Waals surface area contributed by atoms with Gasteiger partial charge in [0.25, 0.3) is 0 Å². The van der Waals surface area contributed by atoms with E-state index in [1.54, 1.807) is 6.92 Å². The van der Waals surface area contributed by atoms with Crippen LogP contribution in [0.5, 0.6) is 0 Å². The molecule has 4 heteroatoms. The molecule has 0 spiro atoms. The Hall–Kier alpha value is -0.160.